The van der Waals surface area contributed by atoms with Gasteiger partial charge in [-0.15, -0.1) is 0 Å². The maximum absolute atomic E-state index is 12.8. The molecule has 1 aromatic rings. The number of benzene rings is 1. The smallest absolute Gasteiger partial charge is 0.241 e. The number of amides is 2. The molecule has 3 heterocycles. The van der Waals surface area contributed by atoms with Crippen molar-refractivity contribution in [1.82, 2.24) is 0 Å². The summed E-state index contributed by atoms with van der Waals surface area (Å²) in [6.07, 6.45) is 2.90. The molecule has 0 radical (unpaired) electrons. The van der Waals surface area contributed by atoms with E-state index in [1.54, 1.807) is 36.4 Å². The van der Waals surface area contributed by atoms with E-state index in [4.69, 9.17) is 4.74 Å². The first-order valence-corrected chi connectivity index (χ1v) is 6.98. The molecule has 6 nitrogen and oxygen atoms in total. The second-order valence-corrected chi connectivity index (χ2v) is 5.70. The van der Waals surface area contributed by atoms with Crippen molar-refractivity contribution in [3.05, 3.63) is 42.0 Å². The van der Waals surface area contributed by atoms with Crippen molar-refractivity contribution in [1.29, 1.82) is 5.26 Å². The Balaban J connectivity index is 1.82. The second kappa shape index (κ2) is 4.26. The molecule has 4 atom stereocenters. The predicted molar refractivity (Wildman–Crippen MR) is 74.5 cm³/mol. The molecule has 1 aromatic carbocycles. The third kappa shape index (κ3) is 1.39. The first kappa shape index (κ1) is 13.2. The molecular formula is C16H12N2O4. The fraction of sp³-hybridized carbons (Fsp3) is 0.312. The molecule has 1 N–H and O–H groups in total. The molecule has 0 unspecified atom stereocenters. The summed E-state index contributed by atoms with van der Waals surface area (Å²) >= 11 is 0. The minimum Gasteiger partial charge on any atom is -0.393 e. The van der Waals surface area contributed by atoms with Gasteiger partial charge in [0.1, 0.15) is 11.7 Å². The summed E-state index contributed by atoms with van der Waals surface area (Å²) in [5.74, 6) is -2.15. The van der Waals surface area contributed by atoms with E-state index in [9.17, 15) is 20.0 Å². The number of carbonyl (C=O) groups excluding carboxylic acids is 2. The highest BCUT2D eigenvalue weighted by Crippen LogP contribution is 2.52. The van der Waals surface area contributed by atoms with Gasteiger partial charge in [-0.25, -0.2) is 4.90 Å². The van der Waals surface area contributed by atoms with Crippen LogP contribution in [0.1, 0.15) is 5.56 Å². The number of nitriles is 1. The largest absolute Gasteiger partial charge is 0.393 e. The van der Waals surface area contributed by atoms with Crippen molar-refractivity contribution in [2.45, 2.75) is 11.7 Å². The highest BCUT2D eigenvalue weighted by atomic mass is 16.5. The van der Waals surface area contributed by atoms with Crippen LogP contribution in [0.4, 0.5) is 5.69 Å². The fourth-order valence-electron chi connectivity index (χ4n) is 3.68. The summed E-state index contributed by atoms with van der Waals surface area (Å²) in [4.78, 5) is 26.6. The lowest BCUT2D eigenvalue weighted by Crippen LogP contribution is -2.43. The van der Waals surface area contributed by atoms with E-state index >= 15 is 0 Å². The summed E-state index contributed by atoms with van der Waals surface area (Å²) in [5, 5.41) is 18.8. The van der Waals surface area contributed by atoms with Crippen molar-refractivity contribution in [2.75, 3.05) is 11.5 Å². The third-order valence-electron chi connectivity index (χ3n) is 4.67. The molecule has 0 saturated carbocycles. The molecule has 4 rings (SSSR count). The van der Waals surface area contributed by atoms with Gasteiger partial charge in [-0.1, -0.05) is 24.3 Å². The zero-order valence-electron chi connectivity index (χ0n) is 11.5. The van der Waals surface area contributed by atoms with Crippen LogP contribution in [-0.2, 0) is 14.3 Å². The van der Waals surface area contributed by atoms with Crippen molar-refractivity contribution in [2.24, 2.45) is 11.8 Å². The second-order valence-electron chi connectivity index (χ2n) is 5.70. The lowest BCUT2D eigenvalue weighted by molar-refractivity contribution is -0.128. The number of fused-ring (bicyclic) bond motifs is 5. The van der Waals surface area contributed by atoms with Crippen molar-refractivity contribution < 1.29 is 19.4 Å². The topological polar surface area (TPSA) is 90.6 Å². The van der Waals surface area contributed by atoms with E-state index in [0.717, 1.165) is 4.90 Å². The Morgan fingerprint density at radius 2 is 2.09 bits per heavy atom. The van der Waals surface area contributed by atoms with Crippen LogP contribution in [0.3, 0.4) is 0 Å². The molecule has 3 aliphatic heterocycles. The van der Waals surface area contributed by atoms with Crippen LogP contribution in [0.15, 0.2) is 36.4 Å². The van der Waals surface area contributed by atoms with Gasteiger partial charge >= 0.3 is 0 Å². The van der Waals surface area contributed by atoms with Crippen LogP contribution in [0, 0.1) is 23.2 Å². The van der Waals surface area contributed by atoms with Crippen molar-refractivity contribution >= 4 is 17.5 Å². The number of nitrogens with zero attached hydrogens (tertiary/aromatic N) is 2. The first-order valence-electron chi connectivity index (χ1n) is 6.98. The number of ether oxygens (including phenoxy) is 1. The molecule has 0 spiro atoms. The molecule has 0 aliphatic carbocycles. The molecule has 2 bridgehead atoms. The number of imide groups is 1. The van der Waals surface area contributed by atoms with E-state index < -0.39 is 29.4 Å². The van der Waals surface area contributed by atoms with Crippen molar-refractivity contribution in [3.63, 3.8) is 0 Å². The normalized spacial score (nSPS) is 35.1. The van der Waals surface area contributed by atoms with Crippen LogP contribution in [0.5, 0.6) is 0 Å². The van der Waals surface area contributed by atoms with Gasteiger partial charge in [-0.3, -0.25) is 9.59 Å². The van der Waals surface area contributed by atoms with E-state index in [1.165, 1.54) is 0 Å². The summed E-state index contributed by atoms with van der Waals surface area (Å²) in [7, 11) is 0. The number of aliphatic hydroxyl groups excluding tert-OH is 1. The molecule has 22 heavy (non-hydrogen) atoms. The minimum atomic E-state index is -1.11. The van der Waals surface area contributed by atoms with E-state index in [0.29, 0.717) is 5.69 Å². The summed E-state index contributed by atoms with van der Waals surface area (Å²) < 4.78 is 5.66. The van der Waals surface area contributed by atoms with Gasteiger partial charge in [-0.05, 0) is 12.1 Å². The van der Waals surface area contributed by atoms with Gasteiger partial charge in [0.25, 0.3) is 0 Å². The lowest BCUT2D eigenvalue weighted by Gasteiger charge is -2.26. The Bertz CT molecular complexity index is 766. The highest BCUT2D eigenvalue weighted by molar-refractivity contribution is 6.23. The van der Waals surface area contributed by atoms with Crippen LogP contribution < -0.4 is 4.90 Å². The zero-order chi connectivity index (χ0) is 15.5. The summed E-state index contributed by atoms with van der Waals surface area (Å²) in [5.41, 5.74) is -0.552. The van der Waals surface area contributed by atoms with Crippen LogP contribution in [-0.4, -0.2) is 35.2 Å². The lowest BCUT2D eigenvalue weighted by atomic mass is 9.77. The van der Waals surface area contributed by atoms with Crippen LogP contribution in [0.2, 0.25) is 0 Å². The van der Waals surface area contributed by atoms with Crippen LogP contribution in [0.25, 0.3) is 0 Å². The monoisotopic (exact) mass is 296 g/mol. The number of hydrogen-bond acceptors (Lipinski definition) is 5. The first-order chi connectivity index (χ1) is 10.6. The van der Waals surface area contributed by atoms with Crippen molar-refractivity contribution in [3.8, 4) is 6.07 Å². The Kier molecular flexibility index (Phi) is 2.55. The summed E-state index contributed by atoms with van der Waals surface area (Å²) in [6.45, 7) is -0.353. The molecule has 6 heteroatoms. The predicted octanol–water partition coefficient (Wildman–Crippen LogP) is 0.364. The van der Waals surface area contributed by atoms with Crippen LogP contribution >= 0.6 is 0 Å². The van der Waals surface area contributed by atoms with Gasteiger partial charge in [-0.2, -0.15) is 5.26 Å². The number of aliphatic hydroxyl groups is 1. The number of carbonyl (C=O) groups is 2. The molecule has 110 valence electrons. The minimum absolute atomic E-state index is 0.267. The van der Waals surface area contributed by atoms with E-state index in [1.807, 2.05) is 6.07 Å². The Labute approximate surface area is 126 Å². The summed E-state index contributed by atoms with van der Waals surface area (Å²) in [6, 6.07) is 8.50. The molecule has 2 fully saturated rings. The molecule has 3 aliphatic rings. The maximum atomic E-state index is 12.8. The third-order valence-corrected chi connectivity index (χ3v) is 4.67. The number of rotatable bonds is 2. The molecule has 2 saturated heterocycles. The van der Waals surface area contributed by atoms with Gasteiger partial charge < -0.3 is 9.84 Å². The Morgan fingerprint density at radius 3 is 2.82 bits per heavy atom. The fourth-order valence-corrected chi connectivity index (χ4v) is 3.68. The van der Waals surface area contributed by atoms with Gasteiger partial charge in [0, 0.05) is 0 Å². The SMILES string of the molecule is N#Cc1ccccc1N1C(=O)[C@H]2[C@H]3C=C[C@@](CO)(O3)[C@H]2C1=O. The molecular weight excluding hydrogens is 284 g/mol. The molecule has 0 aromatic heterocycles. The van der Waals surface area contributed by atoms with Gasteiger partial charge in [0.2, 0.25) is 11.8 Å². The number of para-hydroxylation sites is 1. The Hall–Kier alpha value is -2.49. The highest BCUT2D eigenvalue weighted by Gasteiger charge is 2.67. The van der Waals surface area contributed by atoms with Gasteiger partial charge in [0.15, 0.2) is 0 Å². The zero-order valence-corrected chi connectivity index (χ0v) is 11.5. The Morgan fingerprint density at radius 1 is 1.32 bits per heavy atom. The maximum Gasteiger partial charge on any atom is 0.241 e. The number of hydrogen-bond donors (Lipinski definition) is 1. The van der Waals surface area contributed by atoms with E-state index in [2.05, 4.69) is 0 Å². The quantitative estimate of drug-likeness (QED) is 0.628. The van der Waals surface area contributed by atoms with Gasteiger partial charge in [0.05, 0.1) is 35.8 Å². The average Bonchev–Trinajstić information content (AvgIpc) is 3.18. The standard InChI is InChI=1S/C16H12N2O4/c17-7-9-3-1-2-4-10(9)18-14(20)12-11-5-6-16(8-19,22-11)13(12)15(18)21/h1-6,11-13,19H,8H2/t11-,12+,13-,16+/m1/s1. The molecule has 2 amide bonds. The van der Waals surface area contributed by atoms with E-state index in [-0.39, 0.29) is 18.1 Å². The average molecular weight is 296 g/mol. The number of anilines is 1.